The zero-order valence-corrected chi connectivity index (χ0v) is 8.68. The Hall–Kier alpha value is -1.10. The first-order valence-corrected chi connectivity index (χ1v) is 5.07. The van der Waals surface area contributed by atoms with Crippen molar-refractivity contribution >= 4 is 18.4 Å². The van der Waals surface area contributed by atoms with Crippen LogP contribution in [-0.4, -0.2) is 4.92 Å². The van der Waals surface area contributed by atoms with Gasteiger partial charge in [-0.2, -0.15) is 5.26 Å². The zero-order chi connectivity index (χ0) is 10.8. The summed E-state index contributed by atoms with van der Waals surface area (Å²) in [6, 6.07) is 4.15. The van der Waals surface area contributed by atoms with E-state index >= 15 is 0 Å². The summed E-state index contributed by atoms with van der Waals surface area (Å²) >= 11 is 0. The van der Waals surface area contributed by atoms with E-state index in [2.05, 4.69) is 0 Å². The minimum Gasteiger partial charge on any atom is -0.785 e. The van der Waals surface area contributed by atoms with Crippen molar-refractivity contribution in [1.82, 2.24) is 0 Å². The SMILES string of the molecule is N#CP(=O)([O-])c1ccc([N+](=O)[O-])cc1.[Li+]. The molecule has 0 aliphatic heterocycles. The van der Waals surface area contributed by atoms with Crippen LogP contribution in [0.4, 0.5) is 5.69 Å². The van der Waals surface area contributed by atoms with Gasteiger partial charge in [-0.15, -0.1) is 0 Å². The molecule has 0 N–H and O–H groups in total. The predicted octanol–water partition coefficient (Wildman–Crippen LogP) is -2.66. The number of nitro benzene ring substituents is 1. The topological polar surface area (TPSA) is 107 Å². The molecule has 0 saturated heterocycles. The fourth-order valence-electron chi connectivity index (χ4n) is 0.828. The Kier molecular flexibility index (Phi) is 4.74. The van der Waals surface area contributed by atoms with Crippen molar-refractivity contribution in [2.24, 2.45) is 0 Å². The van der Waals surface area contributed by atoms with Crippen molar-refractivity contribution in [1.29, 1.82) is 5.26 Å². The summed E-state index contributed by atoms with van der Waals surface area (Å²) in [5.41, 5.74) is -0.216. The van der Waals surface area contributed by atoms with Crippen molar-refractivity contribution in [3.05, 3.63) is 34.4 Å². The number of nitrogens with zero attached hydrogens (tertiary/aromatic N) is 2. The van der Waals surface area contributed by atoms with Crippen LogP contribution in [0.2, 0.25) is 0 Å². The number of benzene rings is 1. The molecule has 0 aliphatic carbocycles. The molecular weight excluding hydrogens is 214 g/mol. The Morgan fingerprint density at radius 1 is 1.33 bits per heavy atom. The van der Waals surface area contributed by atoms with Gasteiger partial charge in [-0.25, -0.2) is 0 Å². The molecule has 72 valence electrons. The Bertz CT molecular complexity index is 453. The standard InChI is InChI=1S/C7H5N2O4P.Li/c8-5-14(12,13)7-3-1-6(2-4-7)9(10)11;/h1-4H,(H,12,13);/q;+1/p-1. The number of rotatable bonds is 2. The molecule has 8 heteroatoms. The smallest absolute Gasteiger partial charge is 0.785 e. The molecule has 0 saturated carbocycles. The Morgan fingerprint density at radius 2 is 1.80 bits per heavy atom. The van der Waals surface area contributed by atoms with Crippen molar-refractivity contribution in [2.75, 3.05) is 0 Å². The quantitative estimate of drug-likeness (QED) is 0.233. The monoisotopic (exact) mass is 218 g/mol. The molecule has 1 rings (SSSR count). The van der Waals surface area contributed by atoms with Gasteiger partial charge in [0.25, 0.3) is 5.69 Å². The van der Waals surface area contributed by atoms with Gasteiger partial charge in [0.2, 0.25) is 0 Å². The largest absolute Gasteiger partial charge is 1.00 e. The molecule has 0 radical (unpaired) electrons. The summed E-state index contributed by atoms with van der Waals surface area (Å²) < 4.78 is 11.0. The predicted molar refractivity (Wildman–Crippen MR) is 45.9 cm³/mol. The van der Waals surface area contributed by atoms with Crippen LogP contribution in [-0.2, 0) is 4.57 Å². The molecule has 1 unspecified atom stereocenters. The normalized spacial score (nSPS) is 13.1. The van der Waals surface area contributed by atoms with Crippen LogP contribution in [0.1, 0.15) is 0 Å². The van der Waals surface area contributed by atoms with E-state index in [1.807, 2.05) is 0 Å². The molecule has 0 bridgehead atoms. The van der Waals surface area contributed by atoms with Crippen LogP contribution in [0.15, 0.2) is 24.3 Å². The molecule has 0 heterocycles. The van der Waals surface area contributed by atoms with Gasteiger partial charge in [0.1, 0.15) is 13.2 Å². The number of hydrogen-bond donors (Lipinski definition) is 0. The van der Waals surface area contributed by atoms with Crippen molar-refractivity contribution < 1.29 is 33.2 Å². The van der Waals surface area contributed by atoms with Crippen LogP contribution < -0.4 is 29.1 Å². The second-order valence-electron chi connectivity index (χ2n) is 2.42. The fourth-order valence-corrected chi connectivity index (χ4v) is 1.49. The van der Waals surface area contributed by atoms with E-state index < -0.39 is 12.3 Å². The third-order valence-corrected chi connectivity index (χ3v) is 2.77. The van der Waals surface area contributed by atoms with E-state index in [0.717, 1.165) is 30.1 Å². The first kappa shape index (κ1) is 13.9. The van der Waals surface area contributed by atoms with Crippen LogP contribution in [0.5, 0.6) is 0 Å². The molecule has 0 aliphatic rings. The van der Waals surface area contributed by atoms with Gasteiger partial charge < -0.3 is 9.46 Å². The molecule has 0 fully saturated rings. The van der Waals surface area contributed by atoms with Gasteiger partial charge in [-0.05, 0) is 12.1 Å². The molecule has 1 aromatic rings. The van der Waals surface area contributed by atoms with E-state index in [9.17, 15) is 19.6 Å². The van der Waals surface area contributed by atoms with E-state index in [4.69, 9.17) is 5.26 Å². The summed E-state index contributed by atoms with van der Waals surface area (Å²) in [5.74, 6) is 1.14. The molecule has 6 nitrogen and oxygen atoms in total. The molecule has 0 amide bonds. The summed E-state index contributed by atoms with van der Waals surface area (Å²) in [5, 5.41) is 18.3. The summed E-state index contributed by atoms with van der Waals surface area (Å²) in [6.45, 7) is 0. The number of hydrogen-bond acceptors (Lipinski definition) is 5. The van der Waals surface area contributed by atoms with E-state index in [0.29, 0.717) is 0 Å². The van der Waals surface area contributed by atoms with E-state index in [-0.39, 0.29) is 29.9 Å². The summed E-state index contributed by atoms with van der Waals surface area (Å²) in [6.07, 6.45) is 0. The van der Waals surface area contributed by atoms with Gasteiger partial charge in [-0.3, -0.25) is 10.1 Å². The van der Waals surface area contributed by atoms with Gasteiger partial charge in [-0.1, -0.05) is 0 Å². The third kappa shape index (κ3) is 3.19. The molecule has 1 atom stereocenters. The average molecular weight is 218 g/mol. The van der Waals surface area contributed by atoms with Crippen molar-refractivity contribution in [3.8, 4) is 5.81 Å². The van der Waals surface area contributed by atoms with Crippen LogP contribution in [0, 0.1) is 21.2 Å². The number of non-ortho nitro benzene ring substituents is 1. The van der Waals surface area contributed by atoms with E-state index in [1.165, 1.54) is 0 Å². The van der Waals surface area contributed by atoms with Crippen molar-refractivity contribution in [3.63, 3.8) is 0 Å². The maximum Gasteiger partial charge on any atom is 1.00 e. The molecule has 0 spiro atoms. The van der Waals surface area contributed by atoms with Crippen LogP contribution in [0.25, 0.3) is 0 Å². The molecule has 0 aromatic heterocycles. The van der Waals surface area contributed by atoms with Crippen LogP contribution >= 0.6 is 7.37 Å². The maximum absolute atomic E-state index is 11.0. The molecule has 15 heavy (non-hydrogen) atoms. The maximum atomic E-state index is 11.0. The van der Waals surface area contributed by atoms with Gasteiger partial charge in [0.05, 0.1) is 4.92 Å². The Balaban J connectivity index is 0.00000196. The van der Waals surface area contributed by atoms with Crippen molar-refractivity contribution in [2.45, 2.75) is 0 Å². The summed E-state index contributed by atoms with van der Waals surface area (Å²) in [4.78, 5) is 20.6. The first-order valence-electron chi connectivity index (χ1n) is 3.45. The van der Waals surface area contributed by atoms with Gasteiger partial charge >= 0.3 is 18.9 Å². The Morgan fingerprint density at radius 3 is 2.13 bits per heavy atom. The second kappa shape index (κ2) is 5.11. The molecular formula is C7H4LiN2O4P. The van der Waals surface area contributed by atoms with Crippen LogP contribution in [0.3, 0.4) is 0 Å². The van der Waals surface area contributed by atoms with E-state index in [1.54, 1.807) is 0 Å². The second-order valence-corrected chi connectivity index (χ2v) is 4.24. The Labute approximate surface area is 97.3 Å². The summed E-state index contributed by atoms with van der Waals surface area (Å²) in [7, 11) is -4.24. The minimum atomic E-state index is -4.24. The molecule has 1 aromatic carbocycles. The fraction of sp³-hybridized carbons (Fsp3) is 0. The first-order chi connectivity index (χ1) is 6.47. The van der Waals surface area contributed by atoms with Gasteiger partial charge in [0, 0.05) is 17.4 Å². The van der Waals surface area contributed by atoms with Gasteiger partial charge in [0.15, 0.2) is 0 Å². The minimum absolute atomic E-state index is 0. The number of nitriles is 1. The third-order valence-electron chi connectivity index (χ3n) is 1.53. The average Bonchev–Trinajstić information content (AvgIpc) is 2.18. The zero-order valence-electron chi connectivity index (χ0n) is 7.78. The number of nitro groups is 1.